The van der Waals surface area contributed by atoms with Crippen LogP contribution in [0.1, 0.15) is 35.8 Å². The second kappa shape index (κ2) is 7.37. The molecule has 0 amide bonds. The molecule has 2 atom stereocenters. The Kier molecular flexibility index (Phi) is 4.70. The molecule has 0 saturated heterocycles. The molecule has 0 radical (unpaired) electrons. The summed E-state index contributed by atoms with van der Waals surface area (Å²) in [5.74, 6) is 0. The molecule has 5 nitrogen and oxygen atoms in total. The third-order valence-corrected chi connectivity index (χ3v) is 6.81. The van der Waals surface area contributed by atoms with Gasteiger partial charge >= 0.3 is 0 Å². The van der Waals surface area contributed by atoms with Gasteiger partial charge in [0.15, 0.2) is 0 Å². The van der Waals surface area contributed by atoms with E-state index in [1.54, 1.807) is 11.3 Å². The largest absolute Gasteiger partial charge is 0.387 e. The number of hydrogen-bond acceptors (Lipinski definition) is 5. The van der Waals surface area contributed by atoms with Crippen LogP contribution in [0.15, 0.2) is 54.3 Å². The van der Waals surface area contributed by atoms with Crippen molar-refractivity contribution in [2.75, 3.05) is 13.1 Å². The Balaban J connectivity index is 1.40. The molecule has 0 fully saturated rings. The smallest absolute Gasteiger partial charge is 0.0919 e. The van der Waals surface area contributed by atoms with E-state index in [0.29, 0.717) is 6.54 Å². The summed E-state index contributed by atoms with van der Waals surface area (Å²) in [5.41, 5.74) is 8.73. The highest BCUT2D eigenvalue weighted by Gasteiger charge is 2.25. The van der Waals surface area contributed by atoms with Gasteiger partial charge in [-0.15, -0.1) is 11.3 Å². The summed E-state index contributed by atoms with van der Waals surface area (Å²) in [7, 11) is 1.93. The normalized spacial score (nSPS) is 18.5. The minimum Gasteiger partial charge on any atom is -0.387 e. The molecule has 0 bridgehead atoms. The third-order valence-electron chi connectivity index (χ3n) is 6.00. The average molecular weight is 405 g/mol. The number of rotatable bonds is 3. The molecule has 1 aliphatic heterocycles. The maximum absolute atomic E-state index is 10.9. The lowest BCUT2D eigenvalue weighted by molar-refractivity contribution is 0.0985. The lowest BCUT2D eigenvalue weighted by atomic mass is 9.96. The molecule has 2 aromatic carbocycles. The number of aromatic nitrogens is 3. The van der Waals surface area contributed by atoms with Crippen molar-refractivity contribution in [2.45, 2.75) is 25.5 Å². The zero-order valence-electron chi connectivity index (χ0n) is 16.6. The van der Waals surface area contributed by atoms with Gasteiger partial charge in [0.25, 0.3) is 0 Å². The number of thiazole rings is 1. The van der Waals surface area contributed by atoms with Crippen LogP contribution in [0.25, 0.3) is 21.3 Å². The molecule has 0 aliphatic carbocycles. The summed E-state index contributed by atoms with van der Waals surface area (Å²) in [6.45, 7) is 3.77. The Bertz CT molecular complexity index is 1160. The van der Waals surface area contributed by atoms with E-state index < -0.39 is 6.10 Å². The fourth-order valence-corrected chi connectivity index (χ4v) is 4.93. The lowest BCUT2D eigenvalue weighted by Crippen LogP contribution is -2.31. The van der Waals surface area contributed by atoms with Crippen molar-refractivity contribution in [1.29, 1.82) is 0 Å². The maximum Gasteiger partial charge on any atom is 0.0919 e. The van der Waals surface area contributed by atoms with Crippen molar-refractivity contribution < 1.29 is 5.11 Å². The molecule has 1 aliphatic rings. The fourth-order valence-electron chi connectivity index (χ4n) is 4.27. The van der Waals surface area contributed by atoms with Gasteiger partial charge in [-0.05, 0) is 47.7 Å². The Morgan fingerprint density at radius 2 is 2.07 bits per heavy atom. The van der Waals surface area contributed by atoms with Crippen molar-refractivity contribution in [3.8, 4) is 11.1 Å². The van der Waals surface area contributed by atoms with Crippen molar-refractivity contribution >= 4 is 21.6 Å². The number of nitrogens with zero attached hydrogens (tertiary/aromatic N) is 4. The quantitative estimate of drug-likeness (QED) is 0.552. The summed E-state index contributed by atoms with van der Waals surface area (Å²) in [4.78, 5) is 6.83. The van der Waals surface area contributed by atoms with E-state index in [-0.39, 0.29) is 6.04 Å². The number of aliphatic hydroxyl groups is 1. The Hall–Kier alpha value is -2.54. The van der Waals surface area contributed by atoms with Gasteiger partial charge in [0.1, 0.15) is 0 Å². The number of hydrogen-bond donors (Lipinski definition) is 1. The van der Waals surface area contributed by atoms with E-state index in [1.807, 2.05) is 29.6 Å². The van der Waals surface area contributed by atoms with Gasteiger partial charge in [0, 0.05) is 37.9 Å². The van der Waals surface area contributed by atoms with E-state index in [0.717, 1.165) is 35.2 Å². The highest BCUT2D eigenvalue weighted by atomic mass is 32.1. The average Bonchev–Trinajstić information content (AvgIpc) is 3.34. The Morgan fingerprint density at radius 3 is 2.90 bits per heavy atom. The van der Waals surface area contributed by atoms with Gasteiger partial charge in [-0.25, -0.2) is 4.98 Å². The van der Waals surface area contributed by atoms with E-state index in [4.69, 9.17) is 0 Å². The number of fused-ring (bicyclic) bond motifs is 2. The summed E-state index contributed by atoms with van der Waals surface area (Å²) in [6.07, 6.45) is 4.35. The summed E-state index contributed by atoms with van der Waals surface area (Å²) >= 11 is 1.67. The van der Waals surface area contributed by atoms with E-state index in [9.17, 15) is 5.11 Å². The predicted octanol–water partition coefficient (Wildman–Crippen LogP) is 4.35. The molecule has 3 heterocycles. The van der Waals surface area contributed by atoms with Crippen LogP contribution >= 0.6 is 11.3 Å². The van der Waals surface area contributed by atoms with Gasteiger partial charge < -0.3 is 5.11 Å². The van der Waals surface area contributed by atoms with Crippen molar-refractivity contribution in [3.63, 3.8) is 0 Å². The van der Waals surface area contributed by atoms with Gasteiger partial charge in [-0.1, -0.05) is 24.3 Å². The third kappa shape index (κ3) is 3.48. The SMILES string of the molecule is CC(c1ccc2scnc2c1)N1CCc2cc(-c3cnn(C)c3)ccc2[C@H](O)C1. The van der Waals surface area contributed by atoms with Crippen LogP contribution in [0, 0.1) is 0 Å². The fraction of sp³-hybridized carbons (Fsp3) is 0.304. The molecule has 1 unspecified atom stereocenters. The zero-order valence-corrected chi connectivity index (χ0v) is 17.4. The molecular formula is C23H24N4OS. The number of aryl methyl sites for hydroxylation is 1. The highest BCUT2D eigenvalue weighted by molar-refractivity contribution is 7.16. The number of β-amino-alcohol motifs (C(OH)–C–C–N with tert-alkyl or cyclic N) is 1. The predicted molar refractivity (Wildman–Crippen MR) is 117 cm³/mol. The van der Waals surface area contributed by atoms with Crippen LogP contribution in [0.2, 0.25) is 0 Å². The van der Waals surface area contributed by atoms with Gasteiger partial charge in [0.05, 0.1) is 28.0 Å². The molecule has 29 heavy (non-hydrogen) atoms. The van der Waals surface area contributed by atoms with Crippen LogP contribution in [0.3, 0.4) is 0 Å². The Labute approximate surface area is 174 Å². The van der Waals surface area contributed by atoms with Crippen LogP contribution in [-0.2, 0) is 13.5 Å². The van der Waals surface area contributed by atoms with Crippen LogP contribution in [-0.4, -0.2) is 37.9 Å². The van der Waals surface area contributed by atoms with Crippen molar-refractivity contribution in [3.05, 3.63) is 71.0 Å². The second-order valence-electron chi connectivity index (χ2n) is 7.83. The van der Waals surface area contributed by atoms with Gasteiger partial charge in [0.2, 0.25) is 0 Å². The summed E-state index contributed by atoms with van der Waals surface area (Å²) < 4.78 is 3.03. The van der Waals surface area contributed by atoms with Crippen molar-refractivity contribution in [2.24, 2.45) is 7.05 Å². The van der Waals surface area contributed by atoms with Crippen LogP contribution < -0.4 is 0 Å². The first-order chi connectivity index (χ1) is 14.1. The molecule has 2 aromatic heterocycles. The summed E-state index contributed by atoms with van der Waals surface area (Å²) in [6, 6.07) is 13.1. The highest BCUT2D eigenvalue weighted by Crippen LogP contribution is 2.32. The zero-order chi connectivity index (χ0) is 20.0. The first-order valence-corrected chi connectivity index (χ1v) is 10.8. The molecule has 6 heteroatoms. The van der Waals surface area contributed by atoms with E-state index >= 15 is 0 Å². The molecule has 1 N–H and O–H groups in total. The first kappa shape index (κ1) is 18.5. The van der Waals surface area contributed by atoms with Crippen molar-refractivity contribution in [1.82, 2.24) is 19.7 Å². The standard InChI is InChI=1S/C23H24N4OS/c1-15(16-4-6-23-21(10-16)24-14-29-23)27-8-7-18-9-17(19-11-25-26(2)12-19)3-5-20(18)22(28)13-27/h3-6,9-12,14-15,22,28H,7-8,13H2,1-2H3/t15?,22-/m1/s1. The molecular weight excluding hydrogens is 380 g/mol. The second-order valence-corrected chi connectivity index (χ2v) is 8.72. The minimum atomic E-state index is -0.485. The molecule has 0 saturated carbocycles. The van der Waals surface area contributed by atoms with Gasteiger partial charge in [-0.3, -0.25) is 9.58 Å². The lowest BCUT2D eigenvalue weighted by Gasteiger charge is -2.29. The Morgan fingerprint density at radius 1 is 1.17 bits per heavy atom. The molecule has 5 rings (SSSR count). The molecule has 148 valence electrons. The maximum atomic E-state index is 10.9. The molecule has 0 spiro atoms. The van der Waals surface area contributed by atoms with Crippen LogP contribution in [0.5, 0.6) is 0 Å². The van der Waals surface area contributed by atoms with Crippen LogP contribution in [0.4, 0.5) is 0 Å². The van der Waals surface area contributed by atoms with E-state index in [1.165, 1.54) is 15.8 Å². The monoisotopic (exact) mass is 404 g/mol. The molecule has 4 aromatic rings. The van der Waals surface area contributed by atoms with E-state index in [2.05, 4.69) is 58.3 Å². The number of aliphatic hydroxyl groups excluding tert-OH is 1. The first-order valence-electron chi connectivity index (χ1n) is 9.95. The topological polar surface area (TPSA) is 54.2 Å². The minimum absolute atomic E-state index is 0.225. The van der Waals surface area contributed by atoms with Gasteiger partial charge in [-0.2, -0.15) is 5.10 Å². The summed E-state index contributed by atoms with van der Waals surface area (Å²) in [5, 5.41) is 15.2. The number of benzene rings is 2.